The predicted octanol–water partition coefficient (Wildman–Crippen LogP) is 1.22. The lowest BCUT2D eigenvalue weighted by atomic mass is 10.1. The van der Waals surface area contributed by atoms with E-state index in [0.717, 1.165) is 0 Å². The molecule has 1 fully saturated rings. The molecular formula is C8H15F2NO. The van der Waals surface area contributed by atoms with Crippen LogP contribution in [-0.2, 0) is 4.74 Å². The second kappa shape index (κ2) is 2.92. The fraction of sp³-hybridized carbons (Fsp3) is 1.00. The van der Waals surface area contributed by atoms with Gasteiger partial charge in [-0.15, -0.1) is 0 Å². The summed E-state index contributed by atoms with van der Waals surface area (Å²) in [6.45, 7) is 0.548. The highest BCUT2D eigenvalue weighted by Crippen LogP contribution is 2.60. The topological polar surface area (TPSA) is 12.5 Å². The number of halogens is 2. The van der Waals surface area contributed by atoms with Gasteiger partial charge in [0.15, 0.2) is 0 Å². The summed E-state index contributed by atoms with van der Waals surface area (Å²) in [6.07, 6.45) is -0.0357. The monoisotopic (exact) mass is 179 g/mol. The normalized spacial score (nSPS) is 32.5. The van der Waals surface area contributed by atoms with E-state index in [4.69, 9.17) is 4.74 Å². The second-order valence-corrected chi connectivity index (χ2v) is 3.83. The number of methoxy groups -OCH3 is 1. The number of hydrogen-bond donors (Lipinski definition) is 0. The van der Waals surface area contributed by atoms with Gasteiger partial charge in [0.05, 0.1) is 12.0 Å². The van der Waals surface area contributed by atoms with E-state index in [1.54, 1.807) is 19.0 Å². The van der Waals surface area contributed by atoms with E-state index in [2.05, 4.69) is 0 Å². The van der Waals surface area contributed by atoms with Gasteiger partial charge in [0.1, 0.15) is 0 Å². The highest BCUT2D eigenvalue weighted by Gasteiger charge is 2.70. The maximum Gasteiger partial charge on any atom is 0.258 e. The number of alkyl halides is 2. The molecule has 0 heterocycles. The van der Waals surface area contributed by atoms with E-state index in [1.165, 1.54) is 7.11 Å². The highest BCUT2D eigenvalue weighted by molar-refractivity contribution is 5.11. The summed E-state index contributed by atoms with van der Waals surface area (Å²) in [5, 5.41) is 0. The van der Waals surface area contributed by atoms with Crippen LogP contribution in [0.15, 0.2) is 0 Å². The van der Waals surface area contributed by atoms with Crippen LogP contribution in [0.2, 0.25) is 0 Å². The van der Waals surface area contributed by atoms with E-state index in [9.17, 15) is 8.78 Å². The van der Waals surface area contributed by atoms with E-state index in [1.807, 2.05) is 0 Å². The summed E-state index contributed by atoms with van der Waals surface area (Å²) in [6, 6.07) is 0. The van der Waals surface area contributed by atoms with Crippen LogP contribution in [0.25, 0.3) is 0 Å². The fourth-order valence-corrected chi connectivity index (χ4v) is 1.64. The predicted molar refractivity (Wildman–Crippen MR) is 42.4 cm³/mol. The van der Waals surface area contributed by atoms with Crippen molar-refractivity contribution < 1.29 is 13.5 Å². The minimum atomic E-state index is -2.52. The van der Waals surface area contributed by atoms with Crippen LogP contribution in [-0.4, -0.2) is 45.2 Å². The summed E-state index contributed by atoms with van der Waals surface area (Å²) in [4.78, 5) is 1.78. The average molecular weight is 179 g/mol. The van der Waals surface area contributed by atoms with Gasteiger partial charge in [-0.1, -0.05) is 0 Å². The Morgan fingerprint density at radius 2 is 1.92 bits per heavy atom. The number of hydrogen-bond acceptors (Lipinski definition) is 2. The van der Waals surface area contributed by atoms with Crippen LogP contribution in [0.1, 0.15) is 6.42 Å². The molecule has 0 aromatic carbocycles. The Hall–Kier alpha value is -0.220. The first-order valence-corrected chi connectivity index (χ1v) is 3.95. The standard InChI is InChI=1S/C8H15F2NO/c1-11(2)5-7(6-12-3)4-8(7,9)10/h4-6H2,1-3H3/t7-/m1/s1. The fourth-order valence-electron chi connectivity index (χ4n) is 1.64. The van der Waals surface area contributed by atoms with Gasteiger partial charge in [-0.05, 0) is 14.1 Å². The number of nitrogens with zero attached hydrogens (tertiary/aromatic N) is 1. The third kappa shape index (κ3) is 1.59. The second-order valence-electron chi connectivity index (χ2n) is 3.83. The molecule has 1 aliphatic rings. The molecular weight excluding hydrogens is 164 g/mol. The van der Waals surface area contributed by atoms with Crippen molar-refractivity contribution in [1.82, 2.24) is 4.90 Å². The van der Waals surface area contributed by atoms with Crippen molar-refractivity contribution in [1.29, 1.82) is 0 Å². The van der Waals surface area contributed by atoms with Crippen LogP contribution in [0.4, 0.5) is 8.78 Å². The molecule has 4 heteroatoms. The lowest BCUT2D eigenvalue weighted by Gasteiger charge is -2.19. The average Bonchev–Trinajstić information content (AvgIpc) is 2.31. The summed E-state index contributed by atoms with van der Waals surface area (Å²) in [7, 11) is 5.06. The van der Waals surface area contributed by atoms with Gasteiger partial charge in [0.2, 0.25) is 0 Å². The van der Waals surface area contributed by atoms with Crippen molar-refractivity contribution in [3.05, 3.63) is 0 Å². The molecule has 0 aromatic rings. The molecule has 0 aliphatic heterocycles. The van der Waals surface area contributed by atoms with E-state index in [0.29, 0.717) is 6.54 Å². The molecule has 0 radical (unpaired) electrons. The van der Waals surface area contributed by atoms with Gasteiger partial charge in [-0.25, -0.2) is 8.78 Å². The summed E-state index contributed by atoms with van der Waals surface area (Å²) >= 11 is 0. The molecule has 1 saturated carbocycles. The molecule has 1 rings (SSSR count). The Kier molecular flexibility index (Phi) is 2.40. The maximum atomic E-state index is 12.9. The van der Waals surface area contributed by atoms with Crippen molar-refractivity contribution in [2.45, 2.75) is 12.3 Å². The molecule has 1 atom stereocenters. The zero-order chi connectivity index (χ0) is 9.41. The van der Waals surface area contributed by atoms with Crippen LogP contribution < -0.4 is 0 Å². The van der Waals surface area contributed by atoms with E-state index >= 15 is 0 Å². The molecule has 1 aliphatic carbocycles. The first kappa shape index (κ1) is 9.86. The Labute approximate surface area is 71.5 Å². The Morgan fingerprint density at radius 1 is 1.42 bits per heavy atom. The Balaban J connectivity index is 2.53. The van der Waals surface area contributed by atoms with E-state index < -0.39 is 11.3 Å². The number of ether oxygens (including phenoxy) is 1. The molecule has 0 amide bonds. The largest absolute Gasteiger partial charge is 0.384 e. The van der Waals surface area contributed by atoms with Gasteiger partial charge in [0.25, 0.3) is 5.92 Å². The minimum absolute atomic E-state index is 0.0357. The Bertz CT molecular complexity index is 172. The molecule has 72 valence electrons. The molecule has 0 spiro atoms. The van der Waals surface area contributed by atoms with Gasteiger partial charge in [-0.2, -0.15) is 0 Å². The van der Waals surface area contributed by atoms with Crippen LogP contribution in [0.5, 0.6) is 0 Å². The molecule has 12 heavy (non-hydrogen) atoms. The van der Waals surface area contributed by atoms with Crippen LogP contribution in [0.3, 0.4) is 0 Å². The molecule has 0 bridgehead atoms. The van der Waals surface area contributed by atoms with E-state index in [-0.39, 0.29) is 13.0 Å². The zero-order valence-electron chi connectivity index (χ0n) is 7.73. The van der Waals surface area contributed by atoms with Gasteiger partial charge >= 0.3 is 0 Å². The van der Waals surface area contributed by atoms with Crippen molar-refractivity contribution in [3.63, 3.8) is 0 Å². The van der Waals surface area contributed by atoms with Crippen molar-refractivity contribution in [2.75, 3.05) is 34.4 Å². The third-order valence-corrected chi connectivity index (χ3v) is 2.25. The van der Waals surface area contributed by atoms with Gasteiger partial charge < -0.3 is 9.64 Å². The molecule has 2 nitrogen and oxygen atoms in total. The first-order valence-electron chi connectivity index (χ1n) is 3.95. The van der Waals surface area contributed by atoms with Crippen molar-refractivity contribution >= 4 is 0 Å². The van der Waals surface area contributed by atoms with Crippen molar-refractivity contribution in [2.24, 2.45) is 5.41 Å². The Morgan fingerprint density at radius 3 is 2.17 bits per heavy atom. The SMILES string of the molecule is COC[C@]1(CN(C)C)CC1(F)F. The van der Waals surface area contributed by atoms with Gasteiger partial charge in [-0.3, -0.25) is 0 Å². The quantitative estimate of drug-likeness (QED) is 0.643. The summed E-state index contributed by atoms with van der Waals surface area (Å²) in [5.41, 5.74) is -0.911. The molecule has 0 N–H and O–H groups in total. The summed E-state index contributed by atoms with van der Waals surface area (Å²) < 4.78 is 30.6. The highest BCUT2D eigenvalue weighted by atomic mass is 19.3. The van der Waals surface area contributed by atoms with Crippen LogP contribution in [0, 0.1) is 5.41 Å². The first-order chi connectivity index (χ1) is 5.43. The molecule has 0 unspecified atom stereocenters. The van der Waals surface area contributed by atoms with Crippen molar-refractivity contribution in [3.8, 4) is 0 Å². The lowest BCUT2D eigenvalue weighted by molar-refractivity contribution is 0.0123. The summed E-state index contributed by atoms with van der Waals surface area (Å²) in [5.74, 6) is -2.52. The van der Waals surface area contributed by atoms with Gasteiger partial charge in [0, 0.05) is 20.1 Å². The number of rotatable bonds is 4. The maximum absolute atomic E-state index is 12.9. The third-order valence-electron chi connectivity index (χ3n) is 2.25. The zero-order valence-corrected chi connectivity index (χ0v) is 7.73. The smallest absolute Gasteiger partial charge is 0.258 e. The molecule has 0 aromatic heterocycles. The minimum Gasteiger partial charge on any atom is -0.384 e. The molecule has 0 saturated heterocycles. The van der Waals surface area contributed by atoms with Crippen LogP contribution >= 0.6 is 0 Å². The lowest BCUT2D eigenvalue weighted by Crippen LogP contribution is -2.30.